The van der Waals surface area contributed by atoms with Crippen LogP contribution >= 0.6 is 0 Å². The van der Waals surface area contributed by atoms with Crippen LogP contribution in [0.25, 0.3) is 0 Å². The van der Waals surface area contributed by atoms with Gasteiger partial charge in [0, 0.05) is 25.8 Å². The Kier molecular flexibility index (Phi) is 4.65. The molecule has 0 radical (unpaired) electrons. The van der Waals surface area contributed by atoms with Gasteiger partial charge < -0.3 is 19.1 Å². The van der Waals surface area contributed by atoms with E-state index >= 15 is 0 Å². The first kappa shape index (κ1) is 16.8. The molecule has 0 N–H and O–H groups in total. The summed E-state index contributed by atoms with van der Waals surface area (Å²) in [6.45, 7) is 2.89. The van der Waals surface area contributed by atoms with Crippen molar-refractivity contribution < 1.29 is 19.0 Å². The molecule has 6 heteroatoms. The number of rotatable bonds is 5. The van der Waals surface area contributed by atoms with Crippen LogP contribution in [0.4, 0.5) is 0 Å². The van der Waals surface area contributed by atoms with Gasteiger partial charge >= 0.3 is 0 Å². The van der Waals surface area contributed by atoms with Crippen molar-refractivity contribution in [1.29, 1.82) is 0 Å². The largest absolute Gasteiger partial charge is 0.494 e. The van der Waals surface area contributed by atoms with Gasteiger partial charge in [0.1, 0.15) is 5.75 Å². The molecule has 4 rings (SSSR count). The lowest BCUT2D eigenvalue weighted by atomic mass is 9.89. The van der Waals surface area contributed by atoms with E-state index in [2.05, 4.69) is 4.98 Å². The number of piperidine rings is 1. The number of amides is 1. The molecule has 2 saturated heterocycles. The second-order valence-corrected chi connectivity index (χ2v) is 7.50. The molecule has 0 unspecified atom stereocenters. The summed E-state index contributed by atoms with van der Waals surface area (Å²) in [5, 5.41) is 0. The summed E-state index contributed by atoms with van der Waals surface area (Å²) in [6.07, 6.45) is 8.82. The Morgan fingerprint density at radius 3 is 3.16 bits per heavy atom. The normalized spacial score (nSPS) is 29.2. The number of hydrogen-bond donors (Lipinski definition) is 0. The van der Waals surface area contributed by atoms with Crippen LogP contribution < -0.4 is 4.74 Å². The number of ether oxygens (including phenoxy) is 3. The van der Waals surface area contributed by atoms with Gasteiger partial charge in [-0.25, -0.2) is 0 Å². The van der Waals surface area contributed by atoms with Gasteiger partial charge in [0.05, 0.1) is 43.7 Å². The lowest BCUT2D eigenvalue weighted by molar-refractivity contribution is -0.0465. The van der Waals surface area contributed by atoms with Crippen LogP contribution in [0.5, 0.6) is 5.75 Å². The summed E-state index contributed by atoms with van der Waals surface area (Å²) < 4.78 is 17.5. The third-order valence-electron chi connectivity index (χ3n) is 5.50. The minimum absolute atomic E-state index is 0.00993. The maximum atomic E-state index is 13.0. The molecule has 3 aliphatic rings. The number of aromatic nitrogens is 1. The minimum atomic E-state index is -0.248. The van der Waals surface area contributed by atoms with Crippen molar-refractivity contribution in [1.82, 2.24) is 9.88 Å². The first-order valence-electron chi connectivity index (χ1n) is 9.22. The molecule has 136 valence electrons. The van der Waals surface area contributed by atoms with Crippen molar-refractivity contribution in [3.8, 4) is 5.75 Å². The molecular formula is C19H26N2O4. The first-order chi connectivity index (χ1) is 12.2. The average molecular weight is 346 g/mol. The van der Waals surface area contributed by atoms with Gasteiger partial charge in [-0.2, -0.15) is 0 Å². The first-order valence-corrected chi connectivity index (χ1v) is 9.22. The van der Waals surface area contributed by atoms with Gasteiger partial charge in [-0.15, -0.1) is 0 Å². The zero-order chi connectivity index (χ0) is 17.3. The highest BCUT2D eigenvalue weighted by Crippen LogP contribution is 2.38. The second kappa shape index (κ2) is 6.92. The summed E-state index contributed by atoms with van der Waals surface area (Å²) in [4.78, 5) is 18.9. The molecular weight excluding hydrogens is 320 g/mol. The molecule has 2 aliphatic heterocycles. The van der Waals surface area contributed by atoms with E-state index in [1.165, 1.54) is 12.8 Å². The molecule has 1 aliphatic carbocycles. The van der Waals surface area contributed by atoms with Crippen LogP contribution in [0.2, 0.25) is 0 Å². The zero-order valence-electron chi connectivity index (χ0n) is 14.8. The number of carbonyl (C=O) groups is 1. The molecule has 6 nitrogen and oxygen atoms in total. The van der Waals surface area contributed by atoms with Crippen LogP contribution in [0.3, 0.4) is 0 Å². The van der Waals surface area contributed by atoms with Crippen LogP contribution in [-0.2, 0) is 9.47 Å². The Bertz CT molecular complexity index is 634. The monoisotopic (exact) mass is 346 g/mol. The van der Waals surface area contributed by atoms with Crippen molar-refractivity contribution in [3.63, 3.8) is 0 Å². The molecule has 2 atom stereocenters. The van der Waals surface area contributed by atoms with Crippen LogP contribution in [0, 0.1) is 5.92 Å². The maximum Gasteiger partial charge on any atom is 0.257 e. The highest BCUT2D eigenvalue weighted by Gasteiger charge is 2.45. The van der Waals surface area contributed by atoms with Gasteiger partial charge in [0.2, 0.25) is 0 Å². The number of likely N-dealkylation sites (tertiary alicyclic amines) is 1. The van der Waals surface area contributed by atoms with E-state index in [-0.39, 0.29) is 17.6 Å². The zero-order valence-corrected chi connectivity index (χ0v) is 14.8. The summed E-state index contributed by atoms with van der Waals surface area (Å²) in [5.41, 5.74) is 0.316. The van der Waals surface area contributed by atoms with Gasteiger partial charge in [0.25, 0.3) is 5.91 Å². The third kappa shape index (κ3) is 3.65. The van der Waals surface area contributed by atoms with Crippen LogP contribution in [0.1, 0.15) is 42.5 Å². The fourth-order valence-electron chi connectivity index (χ4n) is 3.91. The molecule has 1 aromatic heterocycles. The number of methoxy groups -OCH3 is 1. The van der Waals surface area contributed by atoms with Gasteiger partial charge in [0.15, 0.2) is 0 Å². The standard InChI is InChI=1S/C19H26N2O4/c1-23-17-10-20-7-5-16(17)18(22)21-8-2-6-19(13-21)9-15(12-25-19)24-11-14-3-4-14/h5,7,10,14-15H,2-4,6,8-9,11-13H2,1H3/t15-,19-/m1/s1. The van der Waals surface area contributed by atoms with Crippen molar-refractivity contribution in [2.45, 2.75) is 43.8 Å². The van der Waals surface area contributed by atoms with E-state index in [9.17, 15) is 4.79 Å². The maximum absolute atomic E-state index is 13.0. The van der Waals surface area contributed by atoms with Crippen molar-refractivity contribution in [3.05, 3.63) is 24.0 Å². The van der Waals surface area contributed by atoms with Gasteiger partial charge in [-0.1, -0.05) is 0 Å². The highest BCUT2D eigenvalue weighted by molar-refractivity contribution is 5.96. The molecule has 1 amide bonds. The predicted octanol–water partition coefficient (Wildman–Crippen LogP) is 2.28. The number of nitrogens with zero attached hydrogens (tertiary/aromatic N) is 2. The van der Waals surface area contributed by atoms with E-state index < -0.39 is 0 Å². The molecule has 1 aromatic rings. The van der Waals surface area contributed by atoms with Gasteiger partial charge in [-0.3, -0.25) is 9.78 Å². The van der Waals surface area contributed by atoms with E-state index in [1.54, 1.807) is 25.6 Å². The number of carbonyl (C=O) groups excluding carboxylic acids is 1. The Morgan fingerprint density at radius 1 is 1.48 bits per heavy atom. The Hall–Kier alpha value is -1.66. The quantitative estimate of drug-likeness (QED) is 0.819. The Balaban J connectivity index is 1.41. The summed E-state index contributed by atoms with van der Waals surface area (Å²) in [7, 11) is 1.56. The summed E-state index contributed by atoms with van der Waals surface area (Å²) in [5.74, 6) is 1.27. The second-order valence-electron chi connectivity index (χ2n) is 7.50. The topological polar surface area (TPSA) is 60.9 Å². The van der Waals surface area contributed by atoms with Crippen molar-refractivity contribution in [2.75, 3.05) is 33.4 Å². The molecule has 0 bridgehead atoms. The minimum Gasteiger partial charge on any atom is -0.494 e. The lowest BCUT2D eigenvalue weighted by Gasteiger charge is -2.39. The van der Waals surface area contributed by atoms with E-state index in [4.69, 9.17) is 14.2 Å². The number of pyridine rings is 1. The smallest absolute Gasteiger partial charge is 0.257 e. The third-order valence-corrected chi connectivity index (χ3v) is 5.50. The Labute approximate surface area is 148 Å². The predicted molar refractivity (Wildman–Crippen MR) is 91.7 cm³/mol. The molecule has 1 spiro atoms. The number of hydrogen-bond acceptors (Lipinski definition) is 5. The van der Waals surface area contributed by atoms with Gasteiger partial charge in [-0.05, 0) is 37.7 Å². The van der Waals surface area contributed by atoms with E-state index in [0.29, 0.717) is 24.5 Å². The summed E-state index contributed by atoms with van der Waals surface area (Å²) >= 11 is 0. The SMILES string of the molecule is COc1cnccc1C(=O)N1CCC[C@@]2(C[C@@H](OCC3CC3)CO2)C1. The molecule has 0 aromatic carbocycles. The van der Waals surface area contributed by atoms with Crippen LogP contribution in [0.15, 0.2) is 18.5 Å². The summed E-state index contributed by atoms with van der Waals surface area (Å²) in [6, 6.07) is 1.72. The average Bonchev–Trinajstić information content (AvgIpc) is 3.41. The highest BCUT2D eigenvalue weighted by atomic mass is 16.6. The van der Waals surface area contributed by atoms with Crippen molar-refractivity contribution >= 4 is 5.91 Å². The molecule has 3 fully saturated rings. The fourth-order valence-corrected chi connectivity index (χ4v) is 3.91. The van der Waals surface area contributed by atoms with E-state index in [0.717, 1.165) is 38.3 Å². The lowest BCUT2D eigenvalue weighted by Crippen LogP contribution is -2.50. The molecule has 3 heterocycles. The Morgan fingerprint density at radius 2 is 2.36 bits per heavy atom. The molecule has 25 heavy (non-hydrogen) atoms. The van der Waals surface area contributed by atoms with Crippen LogP contribution in [-0.4, -0.2) is 60.9 Å². The molecule has 1 saturated carbocycles. The fraction of sp³-hybridized carbons (Fsp3) is 0.684. The van der Waals surface area contributed by atoms with Crippen molar-refractivity contribution in [2.24, 2.45) is 5.92 Å². The van der Waals surface area contributed by atoms with E-state index in [1.807, 2.05) is 4.90 Å².